The summed E-state index contributed by atoms with van der Waals surface area (Å²) in [5.74, 6) is 1.08. The van der Waals surface area contributed by atoms with E-state index in [-0.39, 0.29) is 29.7 Å². The molecule has 1 aromatic heterocycles. The fourth-order valence-corrected chi connectivity index (χ4v) is 3.21. The highest BCUT2D eigenvalue weighted by Gasteiger charge is 2.07. The first-order chi connectivity index (χ1) is 13.2. The third kappa shape index (κ3) is 5.64. The zero-order chi connectivity index (χ0) is 19.1. The lowest BCUT2D eigenvalue weighted by molar-refractivity contribution is 0.475. The summed E-state index contributed by atoms with van der Waals surface area (Å²) in [5, 5.41) is 17.4. The fraction of sp³-hybridized carbons (Fsp3) is 0.318. The van der Waals surface area contributed by atoms with Crippen molar-refractivity contribution < 1.29 is 5.11 Å². The molecule has 3 aromatic rings. The van der Waals surface area contributed by atoms with Gasteiger partial charge in [-0.2, -0.15) is 0 Å². The summed E-state index contributed by atoms with van der Waals surface area (Å²) in [7, 11) is 0. The second kappa shape index (κ2) is 10.9. The Morgan fingerprint density at radius 2 is 1.82 bits per heavy atom. The number of H-pyrrole nitrogens is 1. The highest BCUT2D eigenvalue weighted by atomic mass is 127. The van der Waals surface area contributed by atoms with Crippen molar-refractivity contribution in [3.05, 3.63) is 65.4 Å². The van der Waals surface area contributed by atoms with Crippen molar-refractivity contribution in [3.8, 4) is 5.75 Å². The van der Waals surface area contributed by atoms with E-state index in [4.69, 9.17) is 0 Å². The number of aromatic nitrogens is 1. The van der Waals surface area contributed by atoms with E-state index in [0.29, 0.717) is 6.54 Å². The summed E-state index contributed by atoms with van der Waals surface area (Å²) < 4.78 is 0. The highest BCUT2D eigenvalue weighted by Crippen LogP contribution is 2.22. The third-order valence-electron chi connectivity index (χ3n) is 4.66. The summed E-state index contributed by atoms with van der Waals surface area (Å²) >= 11 is 0. The van der Waals surface area contributed by atoms with Crippen LogP contribution >= 0.6 is 24.0 Å². The molecule has 5 nitrogen and oxygen atoms in total. The van der Waals surface area contributed by atoms with Crippen molar-refractivity contribution >= 4 is 40.8 Å². The molecular weight excluding hydrogens is 463 g/mol. The minimum Gasteiger partial charge on any atom is -0.508 e. The molecule has 0 unspecified atom stereocenters. The van der Waals surface area contributed by atoms with Gasteiger partial charge in [0.1, 0.15) is 5.75 Å². The Hall–Kier alpha value is -2.22. The number of benzene rings is 2. The lowest BCUT2D eigenvalue weighted by Crippen LogP contribution is -2.38. The van der Waals surface area contributed by atoms with Gasteiger partial charge in [-0.25, -0.2) is 4.99 Å². The molecule has 0 bridgehead atoms. The summed E-state index contributed by atoms with van der Waals surface area (Å²) in [4.78, 5) is 8.06. The van der Waals surface area contributed by atoms with Crippen LogP contribution in [-0.4, -0.2) is 29.1 Å². The number of hydrogen-bond acceptors (Lipinski definition) is 2. The predicted octanol–water partition coefficient (Wildman–Crippen LogP) is 4.35. The van der Waals surface area contributed by atoms with Crippen LogP contribution < -0.4 is 10.6 Å². The first-order valence-corrected chi connectivity index (χ1v) is 9.59. The van der Waals surface area contributed by atoms with E-state index in [0.717, 1.165) is 37.5 Å². The number of phenolic OH excluding ortho intramolecular Hbond substituents is 1. The Morgan fingerprint density at radius 3 is 2.54 bits per heavy atom. The van der Waals surface area contributed by atoms with Crippen LogP contribution in [0.5, 0.6) is 5.75 Å². The monoisotopic (exact) mass is 492 g/mol. The summed E-state index contributed by atoms with van der Waals surface area (Å²) in [6.45, 7) is 6.44. The van der Waals surface area contributed by atoms with Crippen LogP contribution in [-0.2, 0) is 19.4 Å². The molecule has 150 valence electrons. The quantitative estimate of drug-likeness (QED) is 0.225. The maximum atomic E-state index is 9.37. The molecular formula is C22H29IN4O. The summed E-state index contributed by atoms with van der Waals surface area (Å²) in [6.07, 6.45) is 4.08. The molecule has 0 atom stereocenters. The van der Waals surface area contributed by atoms with Gasteiger partial charge in [-0.05, 0) is 48.6 Å². The van der Waals surface area contributed by atoms with Gasteiger partial charge in [-0.3, -0.25) is 0 Å². The first-order valence-electron chi connectivity index (χ1n) is 9.59. The van der Waals surface area contributed by atoms with Crippen LogP contribution in [0.25, 0.3) is 10.9 Å². The standard InChI is InChI=1S/C22H28N4O.HI/c1-3-17-6-5-7-20-18(15-25-21(17)20)12-13-24-22(23-4-2)26-14-16-8-10-19(27)11-9-16;/h5-11,15,25,27H,3-4,12-14H2,1-2H3,(H2,23,24,26);1H. The third-order valence-corrected chi connectivity index (χ3v) is 4.66. The van der Waals surface area contributed by atoms with E-state index >= 15 is 0 Å². The second-order valence-corrected chi connectivity index (χ2v) is 6.55. The van der Waals surface area contributed by atoms with E-state index in [9.17, 15) is 5.11 Å². The average Bonchev–Trinajstić information content (AvgIpc) is 3.10. The number of phenols is 1. The zero-order valence-electron chi connectivity index (χ0n) is 16.5. The van der Waals surface area contributed by atoms with Crippen molar-refractivity contribution in [2.75, 3.05) is 13.1 Å². The van der Waals surface area contributed by atoms with Crippen LogP contribution in [0.4, 0.5) is 0 Å². The second-order valence-electron chi connectivity index (χ2n) is 6.55. The van der Waals surface area contributed by atoms with Gasteiger partial charge < -0.3 is 20.7 Å². The van der Waals surface area contributed by atoms with Crippen LogP contribution in [0, 0.1) is 0 Å². The van der Waals surface area contributed by atoms with Crippen molar-refractivity contribution in [1.82, 2.24) is 15.6 Å². The number of aromatic amines is 1. The molecule has 0 aliphatic rings. The minimum atomic E-state index is 0. The topological polar surface area (TPSA) is 72.4 Å². The molecule has 6 heteroatoms. The minimum absolute atomic E-state index is 0. The molecule has 0 spiro atoms. The molecule has 0 saturated carbocycles. The Balaban J connectivity index is 0.00000280. The normalized spacial score (nSPS) is 11.3. The zero-order valence-corrected chi connectivity index (χ0v) is 18.8. The predicted molar refractivity (Wildman–Crippen MR) is 128 cm³/mol. The number of fused-ring (bicyclic) bond motifs is 1. The highest BCUT2D eigenvalue weighted by molar-refractivity contribution is 14.0. The lowest BCUT2D eigenvalue weighted by atomic mass is 10.1. The van der Waals surface area contributed by atoms with Crippen LogP contribution in [0.3, 0.4) is 0 Å². The fourth-order valence-electron chi connectivity index (χ4n) is 3.21. The summed E-state index contributed by atoms with van der Waals surface area (Å²) in [6, 6.07) is 13.7. The van der Waals surface area contributed by atoms with Crippen molar-refractivity contribution in [1.29, 1.82) is 0 Å². The van der Waals surface area contributed by atoms with Crippen LogP contribution in [0.2, 0.25) is 0 Å². The van der Waals surface area contributed by atoms with Gasteiger partial charge in [0.2, 0.25) is 0 Å². The molecule has 3 rings (SSSR count). The maximum absolute atomic E-state index is 9.37. The average molecular weight is 492 g/mol. The van der Waals surface area contributed by atoms with Gasteiger partial charge in [-0.1, -0.05) is 37.3 Å². The van der Waals surface area contributed by atoms with E-state index in [1.807, 2.05) is 12.1 Å². The molecule has 0 radical (unpaired) electrons. The molecule has 2 aromatic carbocycles. The number of para-hydroxylation sites is 1. The lowest BCUT2D eigenvalue weighted by Gasteiger charge is -2.11. The molecule has 0 aliphatic carbocycles. The molecule has 0 amide bonds. The van der Waals surface area contributed by atoms with E-state index in [2.05, 4.69) is 58.9 Å². The molecule has 1 heterocycles. The number of aliphatic imine (C=N–C) groups is 1. The van der Waals surface area contributed by atoms with Gasteiger partial charge in [0.15, 0.2) is 5.96 Å². The van der Waals surface area contributed by atoms with E-state index in [1.165, 1.54) is 22.0 Å². The number of halogens is 1. The Bertz CT molecular complexity index is 903. The molecule has 0 saturated heterocycles. The number of nitrogens with one attached hydrogen (secondary N) is 3. The number of guanidine groups is 1. The SMILES string of the molecule is CCNC(=NCc1ccc(O)cc1)NCCc1c[nH]c2c(CC)cccc12.I. The largest absolute Gasteiger partial charge is 0.508 e. The molecule has 4 N–H and O–H groups in total. The number of rotatable bonds is 7. The summed E-state index contributed by atoms with van der Waals surface area (Å²) in [5.41, 5.74) is 4.99. The van der Waals surface area contributed by atoms with Gasteiger partial charge >= 0.3 is 0 Å². The molecule has 0 aliphatic heterocycles. The number of aromatic hydroxyl groups is 1. The van der Waals surface area contributed by atoms with E-state index < -0.39 is 0 Å². The maximum Gasteiger partial charge on any atom is 0.191 e. The van der Waals surface area contributed by atoms with Gasteiger partial charge in [0, 0.05) is 30.2 Å². The number of nitrogens with zero attached hydrogens (tertiary/aromatic N) is 1. The molecule has 0 fully saturated rings. The Kier molecular flexibility index (Phi) is 8.63. The van der Waals surface area contributed by atoms with Crippen molar-refractivity contribution in [2.24, 2.45) is 4.99 Å². The van der Waals surface area contributed by atoms with Gasteiger partial charge in [0.05, 0.1) is 6.54 Å². The van der Waals surface area contributed by atoms with Crippen molar-refractivity contribution in [2.45, 2.75) is 33.2 Å². The number of hydrogen-bond donors (Lipinski definition) is 4. The first kappa shape index (κ1) is 22.1. The Morgan fingerprint density at radius 1 is 1.04 bits per heavy atom. The molecule has 28 heavy (non-hydrogen) atoms. The van der Waals surface area contributed by atoms with Crippen LogP contribution in [0.1, 0.15) is 30.5 Å². The van der Waals surface area contributed by atoms with Gasteiger partial charge in [-0.15, -0.1) is 24.0 Å². The van der Waals surface area contributed by atoms with Gasteiger partial charge in [0.25, 0.3) is 0 Å². The number of aryl methyl sites for hydroxylation is 1. The smallest absolute Gasteiger partial charge is 0.191 e. The van der Waals surface area contributed by atoms with Crippen molar-refractivity contribution in [3.63, 3.8) is 0 Å². The Labute approximate surface area is 183 Å². The van der Waals surface area contributed by atoms with E-state index in [1.54, 1.807) is 12.1 Å². The van der Waals surface area contributed by atoms with Crippen LogP contribution in [0.15, 0.2) is 53.7 Å².